The van der Waals surface area contributed by atoms with E-state index < -0.39 is 0 Å². The Kier molecular flexibility index (Phi) is 20.9. The number of hydrogen-bond acceptors (Lipinski definition) is 10. The Morgan fingerprint density at radius 1 is 0.395 bits per heavy atom. The van der Waals surface area contributed by atoms with Gasteiger partial charge in [-0.1, -0.05) is 17.9 Å². The third-order valence-corrected chi connectivity index (χ3v) is 4.62. The Morgan fingerprint density at radius 3 is 1.08 bits per heavy atom. The van der Waals surface area contributed by atoms with E-state index in [4.69, 9.17) is 47.4 Å². The standard InChI is InChI=1S/C28H40O10/c1-2-4-9-30-11-13-32-15-17-34-19-21-36-23-25-38-28-7-5-6-27(26-28)37-24-22-35-20-18-33-16-14-31-12-10-29-8-3-1/h5-7,26H,8-25H2. The van der Waals surface area contributed by atoms with Crippen molar-refractivity contribution < 1.29 is 47.4 Å². The van der Waals surface area contributed by atoms with Crippen LogP contribution in [0.4, 0.5) is 0 Å². The van der Waals surface area contributed by atoms with Crippen LogP contribution in [0.25, 0.3) is 0 Å². The van der Waals surface area contributed by atoms with Crippen molar-refractivity contribution in [1.29, 1.82) is 0 Å². The van der Waals surface area contributed by atoms with Crippen molar-refractivity contribution in [1.82, 2.24) is 0 Å². The summed E-state index contributed by atoms with van der Waals surface area (Å²) in [4.78, 5) is 0. The summed E-state index contributed by atoms with van der Waals surface area (Å²) >= 11 is 0. The lowest BCUT2D eigenvalue weighted by Gasteiger charge is -2.11. The fourth-order valence-corrected chi connectivity index (χ4v) is 2.82. The van der Waals surface area contributed by atoms with Gasteiger partial charge in [0, 0.05) is 6.07 Å². The molecule has 0 unspecified atom stereocenters. The first kappa shape index (κ1) is 31.8. The van der Waals surface area contributed by atoms with Crippen molar-refractivity contribution in [3.8, 4) is 35.2 Å². The van der Waals surface area contributed by atoms with Crippen molar-refractivity contribution >= 4 is 0 Å². The molecule has 0 spiro atoms. The molecule has 212 valence electrons. The Bertz CT molecular complexity index is 748. The SMILES string of the molecule is C1#CCOCCOCCOCCOCCOc2cccc(c2)OCCOCCOCCOCCOCC#C1. The van der Waals surface area contributed by atoms with E-state index in [1.807, 2.05) is 24.3 Å². The van der Waals surface area contributed by atoms with E-state index in [2.05, 4.69) is 23.7 Å². The molecule has 0 fully saturated rings. The molecule has 0 radical (unpaired) electrons. The van der Waals surface area contributed by atoms with Gasteiger partial charge in [0.1, 0.15) is 37.9 Å². The molecule has 2 bridgehead atoms. The topological polar surface area (TPSA) is 92.3 Å². The van der Waals surface area contributed by atoms with Gasteiger partial charge < -0.3 is 47.4 Å². The first-order valence-electron chi connectivity index (χ1n) is 12.9. The van der Waals surface area contributed by atoms with Gasteiger partial charge in [0.25, 0.3) is 0 Å². The van der Waals surface area contributed by atoms with Crippen molar-refractivity contribution in [2.45, 2.75) is 0 Å². The summed E-state index contributed by atoms with van der Waals surface area (Å²) in [5, 5.41) is 0. The average Bonchev–Trinajstić information content (AvgIpc) is 2.93. The van der Waals surface area contributed by atoms with E-state index in [0.717, 1.165) is 11.5 Å². The highest BCUT2D eigenvalue weighted by Crippen LogP contribution is 2.19. The highest BCUT2D eigenvalue weighted by molar-refractivity contribution is 5.32. The van der Waals surface area contributed by atoms with E-state index >= 15 is 0 Å². The van der Waals surface area contributed by atoms with Crippen LogP contribution in [0.5, 0.6) is 11.5 Å². The summed E-state index contributed by atoms with van der Waals surface area (Å²) in [6.45, 7) is 8.23. The summed E-state index contributed by atoms with van der Waals surface area (Å²) < 4.78 is 55.1. The van der Waals surface area contributed by atoms with Gasteiger partial charge in [-0.05, 0) is 24.0 Å². The van der Waals surface area contributed by atoms with Crippen LogP contribution in [0.1, 0.15) is 0 Å². The second-order valence-electron chi connectivity index (χ2n) is 7.55. The first-order chi connectivity index (χ1) is 18.9. The third kappa shape index (κ3) is 19.7. The fourth-order valence-electron chi connectivity index (χ4n) is 2.82. The zero-order chi connectivity index (χ0) is 26.6. The van der Waals surface area contributed by atoms with E-state index in [9.17, 15) is 0 Å². The zero-order valence-corrected chi connectivity index (χ0v) is 22.1. The zero-order valence-electron chi connectivity index (χ0n) is 22.1. The van der Waals surface area contributed by atoms with Gasteiger partial charge in [-0.3, -0.25) is 0 Å². The molecular weight excluding hydrogens is 496 g/mol. The minimum atomic E-state index is 0.303. The van der Waals surface area contributed by atoms with Crippen molar-refractivity contribution in [2.75, 3.05) is 119 Å². The van der Waals surface area contributed by atoms with Crippen LogP contribution in [-0.4, -0.2) is 119 Å². The van der Waals surface area contributed by atoms with E-state index in [1.54, 1.807) is 0 Å². The minimum Gasteiger partial charge on any atom is -0.491 e. The number of ether oxygens (including phenoxy) is 10. The van der Waals surface area contributed by atoms with Gasteiger partial charge in [0.05, 0.1) is 92.5 Å². The lowest BCUT2D eigenvalue weighted by atomic mass is 10.3. The van der Waals surface area contributed by atoms with Crippen LogP contribution in [0.3, 0.4) is 0 Å². The molecule has 2 rings (SSSR count). The van der Waals surface area contributed by atoms with Gasteiger partial charge >= 0.3 is 0 Å². The maximum atomic E-state index is 5.72. The van der Waals surface area contributed by atoms with E-state index in [1.165, 1.54) is 0 Å². The quantitative estimate of drug-likeness (QED) is 0.456. The molecule has 0 aliphatic carbocycles. The fraction of sp³-hybridized carbons (Fsp3) is 0.643. The molecule has 1 aliphatic heterocycles. The maximum Gasteiger partial charge on any atom is 0.123 e. The normalized spacial score (nSPS) is 19.9. The molecule has 0 N–H and O–H groups in total. The van der Waals surface area contributed by atoms with Gasteiger partial charge in [-0.2, -0.15) is 0 Å². The summed E-state index contributed by atoms with van der Waals surface area (Å²) in [6, 6.07) is 7.49. The van der Waals surface area contributed by atoms with Crippen molar-refractivity contribution in [3.05, 3.63) is 24.3 Å². The molecule has 10 nitrogen and oxygen atoms in total. The van der Waals surface area contributed by atoms with Crippen molar-refractivity contribution in [2.24, 2.45) is 0 Å². The van der Waals surface area contributed by atoms with Gasteiger partial charge in [-0.15, -0.1) is 0 Å². The van der Waals surface area contributed by atoms with Crippen LogP contribution in [0.2, 0.25) is 0 Å². The third-order valence-electron chi connectivity index (χ3n) is 4.62. The Balaban J connectivity index is 1.61. The Labute approximate surface area is 226 Å². The molecule has 0 amide bonds. The summed E-state index contributed by atoms with van der Waals surface area (Å²) in [7, 11) is 0. The lowest BCUT2D eigenvalue weighted by molar-refractivity contribution is -0.00210. The second kappa shape index (κ2) is 24.9. The molecule has 0 saturated carbocycles. The molecule has 1 aromatic rings. The number of rotatable bonds is 0. The molecule has 1 aromatic carbocycles. The Hall–Kier alpha value is -2.38. The van der Waals surface area contributed by atoms with Crippen LogP contribution in [-0.2, 0) is 37.9 Å². The monoisotopic (exact) mass is 536 g/mol. The molecule has 0 atom stereocenters. The molecule has 0 saturated heterocycles. The number of hydrogen-bond donors (Lipinski definition) is 0. The van der Waals surface area contributed by atoms with Gasteiger partial charge in [0.2, 0.25) is 0 Å². The second-order valence-corrected chi connectivity index (χ2v) is 7.55. The molecule has 1 aliphatic rings. The molecular formula is C28H40O10. The minimum absolute atomic E-state index is 0.303. The van der Waals surface area contributed by atoms with Gasteiger partial charge in [-0.25, -0.2) is 0 Å². The highest BCUT2D eigenvalue weighted by atomic mass is 16.6. The van der Waals surface area contributed by atoms with E-state index in [0.29, 0.717) is 119 Å². The highest BCUT2D eigenvalue weighted by Gasteiger charge is 2.00. The predicted octanol–water partition coefficient (Wildman–Crippen LogP) is 1.60. The van der Waals surface area contributed by atoms with Crippen molar-refractivity contribution in [3.63, 3.8) is 0 Å². The molecule has 1 heterocycles. The molecule has 0 aromatic heterocycles. The summed E-state index contributed by atoms with van der Waals surface area (Å²) in [5.41, 5.74) is 0. The van der Waals surface area contributed by atoms with Gasteiger partial charge in [0.15, 0.2) is 0 Å². The molecule has 10 heteroatoms. The van der Waals surface area contributed by atoms with Crippen LogP contribution in [0.15, 0.2) is 24.3 Å². The predicted molar refractivity (Wildman–Crippen MR) is 140 cm³/mol. The molecule has 38 heavy (non-hydrogen) atoms. The summed E-state index contributed by atoms with van der Waals surface area (Å²) in [6.07, 6.45) is 0. The lowest BCUT2D eigenvalue weighted by Crippen LogP contribution is -2.14. The average molecular weight is 537 g/mol. The van der Waals surface area contributed by atoms with Crippen LogP contribution in [0, 0.1) is 23.7 Å². The number of benzene rings is 1. The first-order valence-corrected chi connectivity index (χ1v) is 12.9. The maximum absolute atomic E-state index is 5.72. The van der Waals surface area contributed by atoms with Crippen LogP contribution >= 0.6 is 0 Å². The summed E-state index contributed by atoms with van der Waals surface area (Å²) in [5.74, 6) is 12.5. The number of fused-ring (bicyclic) bond motifs is 2. The van der Waals surface area contributed by atoms with Crippen LogP contribution < -0.4 is 9.47 Å². The smallest absolute Gasteiger partial charge is 0.123 e. The largest absolute Gasteiger partial charge is 0.491 e. The van der Waals surface area contributed by atoms with E-state index in [-0.39, 0.29) is 0 Å². The Morgan fingerprint density at radius 2 is 0.711 bits per heavy atom.